The van der Waals surface area contributed by atoms with Crippen LogP contribution in [0.3, 0.4) is 0 Å². The normalized spacial score (nSPS) is 12.4. The van der Waals surface area contributed by atoms with Gasteiger partial charge in [-0.2, -0.15) is 0 Å². The molecular weight excluding hydrogens is 204 g/mol. The highest BCUT2D eigenvalue weighted by atomic mass is 16.2. The summed E-state index contributed by atoms with van der Waals surface area (Å²) in [5, 5.41) is 5.95. The Labute approximate surface area is 96.3 Å². The van der Waals surface area contributed by atoms with Crippen molar-refractivity contribution in [1.82, 2.24) is 20.2 Å². The maximum absolute atomic E-state index is 11.7. The summed E-state index contributed by atoms with van der Waals surface area (Å²) in [6.07, 6.45) is 4.48. The molecule has 1 aromatic rings. The van der Waals surface area contributed by atoms with Gasteiger partial charge in [0.25, 0.3) is 0 Å². The molecular formula is C11H20N4O. The molecule has 5 nitrogen and oxygen atoms in total. The van der Waals surface area contributed by atoms with E-state index in [2.05, 4.69) is 22.5 Å². The average molecular weight is 224 g/mol. The third-order valence-electron chi connectivity index (χ3n) is 2.47. The van der Waals surface area contributed by atoms with E-state index < -0.39 is 0 Å². The van der Waals surface area contributed by atoms with E-state index in [1.807, 2.05) is 24.7 Å². The molecule has 0 saturated carbocycles. The summed E-state index contributed by atoms with van der Waals surface area (Å²) in [5.41, 5.74) is 0. The summed E-state index contributed by atoms with van der Waals surface area (Å²) < 4.78 is 1.86. The van der Waals surface area contributed by atoms with Crippen LogP contribution in [0.2, 0.25) is 0 Å². The average Bonchev–Trinajstić information content (AvgIpc) is 2.66. The molecule has 0 aromatic carbocycles. The molecule has 1 atom stereocenters. The van der Waals surface area contributed by atoms with E-state index >= 15 is 0 Å². The van der Waals surface area contributed by atoms with Crippen LogP contribution in [0.15, 0.2) is 12.4 Å². The molecule has 0 aliphatic rings. The van der Waals surface area contributed by atoms with Gasteiger partial charge in [-0.15, -0.1) is 0 Å². The van der Waals surface area contributed by atoms with Crippen molar-refractivity contribution >= 4 is 5.91 Å². The molecule has 1 rings (SSSR count). The highest BCUT2D eigenvalue weighted by molar-refractivity contribution is 5.76. The maximum Gasteiger partial charge on any atom is 0.240 e. The number of amides is 1. The summed E-state index contributed by atoms with van der Waals surface area (Å²) in [6, 6.07) is 0.226. The molecule has 90 valence electrons. The molecule has 1 aromatic heterocycles. The highest BCUT2D eigenvalue weighted by Crippen LogP contribution is 1.97. The number of nitrogens with zero attached hydrogens (tertiary/aromatic N) is 2. The number of nitrogens with one attached hydrogen (secondary N) is 2. The summed E-state index contributed by atoms with van der Waals surface area (Å²) in [7, 11) is 1.86. The fourth-order valence-electron chi connectivity index (χ4n) is 1.39. The van der Waals surface area contributed by atoms with Gasteiger partial charge in [0, 0.05) is 18.4 Å². The van der Waals surface area contributed by atoms with Crippen molar-refractivity contribution in [2.24, 2.45) is 0 Å². The topological polar surface area (TPSA) is 59.0 Å². The highest BCUT2D eigenvalue weighted by Gasteiger charge is 2.08. The quantitative estimate of drug-likeness (QED) is 0.740. The Morgan fingerprint density at radius 1 is 1.62 bits per heavy atom. The van der Waals surface area contributed by atoms with Gasteiger partial charge in [-0.3, -0.25) is 4.79 Å². The van der Waals surface area contributed by atoms with Gasteiger partial charge in [-0.1, -0.05) is 6.92 Å². The lowest BCUT2D eigenvalue weighted by atomic mass is 10.2. The standard InChI is InChI=1S/C11H20N4O/c1-4-9(2)14-11(16)8-15-6-5-13-10(15)7-12-3/h5-6,9,12H,4,7-8H2,1-3H3,(H,14,16). The van der Waals surface area contributed by atoms with Gasteiger partial charge >= 0.3 is 0 Å². The Morgan fingerprint density at radius 3 is 3.00 bits per heavy atom. The second-order valence-corrected chi connectivity index (χ2v) is 3.88. The minimum absolute atomic E-state index is 0.0321. The molecule has 0 aliphatic carbocycles. The monoisotopic (exact) mass is 224 g/mol. The Kier molecular flexibility index (Phi) is 4.98. The van der Waals surface area contributed by atoms with Crippen LogP contribution in [0.1, 0.15) is 26.1 Å². The largest absolute Gasteiger partial charge is 0.352 e. The first kappa shape index (κ1) is 12.7. The number of hydrogen-bond donors (Lipinski definition) is 2. The molecule has 0 spiro atoms. The van der Waals surface area contributed by atoms with Crippen molar-refractivity contribution in [2.45, 2.75) is 39.4 Å². The number of rotatable bonds is 6. The zero-order valence-corrected chi connectivity index (χ0v) is 10.2. The van der Waals surface area contributed by atoms with Crippen molar-refractivity contribution in [3.63, 3.8) is 0 Å². The molecule has 0 bridgehead atoms. The summed E-state index contributed by atoms with van der Waals surface area (Å²) >= 11 is 0. The van der Waals surface area contributed by atoms with Gasteiger partial charge in [0.2, 0.25) is 5.91 Å². The number of hydrogen-bond acceptors (Lipinski definition) is 3. The van der Waals surface area contributed by atoms with Crippen molar-refractivity contribution in [3.8, 4) is 0 Å². The van der Waals surface area contributed by atoms with E-state index in [-0.39, 0.29) is 11.9 Å². The van der Waals surface area contributed by atoms with Crippen LogP contribution in [0.4, 0.5) is 0 Å². The maximum atomic E-state index is 11.7. The van der Waals surface area contributed by atoms with E-state index in [0.717, 1.165) is 12.2 Å². The number of aromatic nitrogens is 2. The first-order valence-electron chi connectivity index (χ1n) is 5.61. The van der Waals surface area contributed by atoms with Crippen molar-refractivity contribution < 1.29 is 4.79 Å². The third kappa shape index (κ3) is 3.66. The lowest BCUT2D eigenvalue weighted by molar-refractivity contribution is -0.122. The predicted molar refractivity (Wildman–Crippen MR) is 62.9 cm³/mol. The van der Waals surface area contributed by atoms with Gasteiger partial charge in [-0.05, 0) is 20.4 Å². The Morgan fingerprint density at radius 2 is 2.38 bits per heavy atom. The molecule has 1 amide bonds. The molecule has 2 N–H and O–H groups in total. The summed E-state index contributed by atoms with van der Waals surface area (Å²) in [6.45, 7) is 5.06. The fraction of sp³-hybridized carbons (Fsp3) is 0.636. The molecule has 0 saturated heterocycles. The Hall–Kier alpha value is -1.36. The van der Waals surface area contributed by atoms with Crippen molar-refractivity contribution in [3.05, 3.63) is 18.2 Å². The smallest absolute Gasteiger partial charge is 0.240 e. The first-order valence-corrected chi connectivity index (χ1v) is 5.61. The van der Waals surface area contributed by atoms with Crippen LogP contribution < -0.4 is 10.6 Å². The molecule has 1 unspecified atom stereocenters. The lowest BCUT2D eigenvalue weighted by Crippen LogP contribution is -2.35. The Bertz CT molecular complexity index is 334. The summed E-state index contributed by atoms with van der Waals surface area (Å²) in [5.74, 6) is 0.909. The van der Waals surface area contributed by atoms with E-state index in [0.29, 0.717) is 13.1 Å². The molecule has 0 radical (unpaired) electrons. The number of carbonyl (C=O) groups is 1. The second-order valence-electron chi connectivity index (χ2n) is 3.88. The van der Waals surface area contributed by atoms with Gasteiger partial charge in [0.05, 0.1) is 6.54 Å². The Balaban J connectivity index is 2.52. The minimum Gasteiger partial charge on any atom is -0.352 e. The van der Waals surface area contributed by atoms with Gasteiger partial charge in [0.1, 0.15) is 12.4 Å². The van der Waals surface area contributed by atoms with Crippen LogP contribution >= 0.6 is 0 Å². The minimum atomic E-state index is 0.0321. The van der Waals surface area contributed by atoms with Crippen LogP contribution in [0, 0.1) is 0 Å². The van der Waals surface area contributed by atoms with Crippen LogP contribution in [-0.4, -0.2) is 28.5 Å². The molecule has 5 heteroatoms. The van der Waals surface area contributed by atoms with Gasteiger partial charge in [0.15, 0.2) is 0 Å². The van der Waals surface area contributed by atoms with Crippen LogP contribution in [0.25, 0.3) is 0 Å². The van der Waals surface area contributed by atoms with E-state index in [1.165, 1.54) is 0 Å². The van der Waals surface area contributed by atoms with E-state index in [1.54, 1.807) is 6.20 Å². The van der Waals surface area contributed by atoms with Gasteiger partial charge < -0.3 is 15.2 Å². The fourth-order valence-corrected chi connectivity index (χ4v) is 1.39. The number of imidazole rings is 1. The number of carbonyl (C=O) groups excluding carboxylic acids is 1. The zero-order valence-electron chi connectivity index (χ0n) is 10.2. The third-order valence-corrected chi connectivity index (χ3v) is 2.47. The van der Waals surface area contributed by atoms with Gasteiger partial charge in [-0.25, -0.2) is 4.98 Å². The first-order chi connectivity index (χ1) is 7.67. The SMILES string of the molecule is CCC(C)NC(=O)Cn1ccnc1CNC. The van der Waals surface area contributed by atoms with Crippen molar-refractivity contribution in [1.29, 1.82) is 0 Å². The van der Waals surface area contributed by atoms with Crippen molar-refractivity contribution in [2.75, 3.05) is 7.05 Å². The zero-order chi connectivity index (χ0) is 12.0. The van der Waals surface area contributed by atoms with E-state index in [4.69, 9.17) is 0 Å². The van der Waals surface area contributed by atoms with E-state index in [9.17, 15) is 4.79 Å². The molecule has 1 heterocycles. The summed E-state index contributed by atoms with van der Waals surface area (Å²) in [4.78, 5) is 15.8. The molecule has 0 fully saturated rings. The predicted octanol–water partition coefficient (Wildman–Crippen LogP) is 0.517. The molecule has 16 heavy (non-hydrogen) atoms. The van der Waals surface area contributed by atoms with Crippen LogP contribution in [0.5, 0.6) is 0 Å². The van der Waals surface area contributed by atoms with Crippen LogP contribution in [-0.2, 0) is 17.9 Å². The second kappa shape index (κ2) is 6.27. The molecule has 0 aliphatic heterocycles. The lowest BCUT2D eigenvalue weighted by Gasteiger charge is -2.12.